The van der Waals surface area contributed by atoms with Crippen LogP contribution in [-0.2, 0) is 9.59 Å². The van der Waals surface area contributed by atoms with E-state index in [2.05, 4.69) is 5.32 Å². The van der Waals surface area contributed by atoms with Gasteiger partial charge in [-0.3, -0.25) is 4.79 Å². The van der Waals surface area contributed by atoms with Gasteiger partial charge in [0.05, 0.1) is 6.54 Å². The van der Waals surface area contributed by atoms with Crippen LogP contribution in [0.15, 0.2) is 0 Å². The van der Waals surface area contributed by atoms with E-state index in [-0.39, 0.29) is 0 Å². The van der Waals surface area contributed by atoms with Gasteiger partial charge in [0.15, 0.2) is 6.10 Å². The molecule has 2 atom stereocenters. The zero-order valence-electron chi connectivity index (χ0n) is 9.83. The molecule has 0 aromatic rings. The predicted octanol–water partition coefficient (Wildman–Crippen LogP) is -1.52. The van der Waals surface area contributed by atoms with E-state index in [4.69, 9.17) is 15.9 Å². The Balaban J connectivity index is 2.53. The first-order valence-corrected chi connectivity index (χ1v) is 5.68. The minimum Gasteiger partial charge on any atom is -0.479 e. The molecule has 1 unspecified atom stereocenters. The second kappa shape index (κ2) is 6.20. The summed E-state index contributed by atoms with van der Waals surface area (Å²) in [4.78, 5) is 34.6. The summed E-state index contributed by atoms with van der Waals surface area (Å²) in [5.74, 6) is -2.00. The number of carbonyl (C=O) groups excluding carboxylic acids is 2. The number of nitrogens with zero attached hydrogens (tertiary/aromatic N) is 1. The topological polar surface area (TPSA) is 133 Å². The van der Waals surface area contributed by atoms with Crippen LogP contribution >= 0.6 is 0 Å². The third-order valence-corrected chi connectivity index (χ3v) is 2.82. The van der Waals surface area contributed by atoms with E-state index in [1.165, 1.54) is 4.90 Å². The molecule has 3 amide bonds. The molecule has 0 radical (unpaired) electrons. The molecule has 1 rings (SSSR count). The summed E-state index contributed by atoms with van der Waals surface area (Å²) in [6, 6.07) is -1.25. The number of carbonyl (C=O) groups is 3. The third kappa shape index (κ3) is 3.59. The largest absolute Gasteiger partial charge is 0.479 e. The number of primary amides is 1. The molecule has 8 heteroatoms. The van der Waals surface area contributed by atoms with Crippen molar-refractivity contribution in [3.8, 4) is 0 Å². The van der Waals surface area contributed by atoms with Crippen molar-refractivity contribution in [1.29, 1.82) is 0 Å². The standard InChI is InChI=1S/C10H17N3O5/c11-8(15)6-3-1-2-4-13(6)10(18)12-5-7(14)9(16)17/h6-7,14H,1-5H2,(H2,11,15)(H,12,18)(H,16,17)/t6?,7-/m0/s1. The highest BCUT2D eigenvalue weighted by Gasteiger charge is 2.30. The van der Waals surface area contributed by atoms with E-state index in [1.54, 1.807) is 0 Å². The van der Waals surface area contributed by atoms with E-state index >= 15 is 0 Å². The number of rotatable bonds is 4. The Morgan fingerprint density at radius 3 is 2.61 bits per heavy atom. The number of piperidine rings is 1. The molecule has 0 aromatic carbocycles. The first-order chi connectivity index (χ1) is 8.43. The number of aliphatic hydroxyl groups excluding tert-OH is 1. The molecule has 1 aliphatic heterocycles. The molecule has 0 spiro atoms. The Labute approximate surface area is 104 Å². The fourth-order valence-electron chi connectivity index (χ4n) is 1.84. The molecular formula is C10H17N3O5. The maximum Gasteiger partial charge on any atom is 0.334 e. The van der Waals surface area contributed by atoms with Crippen molar-refractivity contribution in [1.82, 2.24) is 10.2 Å². The average Bonchev–Trinajstić information content (AvgIpc) is 2.35. The number of amides is 3. The molecule has 0 aliphatic carbocycles. The van der Waals surface area contributed by atoms with Crippen LogP contribution in [0.5, 0.6) is 0 Å². The zero-order valence-corrected chi connectivity index (χ0v) is 9.83. The van der Waals surface area contributed by atoms with Crippen LogP contribution in [-0.4, -0.2) is 58.3 Å². The number of urea groups is 1. The van der Waals surface area contributed by atoms with Gasteiger partial charge < -0.3 is 26.2 Å². The van der Waals surface area contributed by atoms with E-state index < -0.39 is 36.6 Å². The molecule has 0 saturated carbocycles. The minimum atomic E-state index is -1.66. The van der Waals surface area contributed by atoms with Crippen LogP contribution in [0.4, 0.5) is 4.79 Å². The van der Waals surface area contributed by atoms with Crippen molar-refractivity contribution in [2.45, 2.75) is 31.4 Å². The fourth-order valence-corrected chi connectivity index (χ4v) is 1.84. The number of hydrogen-bond donors (Lipinski definition) is 4. The van der Waals surface area contributed by atoms with Crippen molar-refractivity contribution in [2.24, 2.45) is 5.73 Å². The quantitative estimate of drug-likeness (QED) is 0.486. The number of nitrogens with two attached hydrogens (primary N) is 1. The first kappa shape index (κ1) is 14.2. The molecule has 0 aromatic heterocycles. The van der Waals surface area contributed by atoms with E-state index in [0.717, 1.165) is 12.8 Å². The highest BCUT2D eigenvalue weighted by atomic mass is 16.4. The third-order valence-electron chi connectivity index (χ3n) is 2.82. The second-order valence-corrected chi connectivity index (χ2v) is 4.15. The molecule has 18 heavy (non-hydrogen) atoms. The molecule has 1 fully saturated rings. The number of hydrogen-bond acceptors (Lipinski definition) is 4. The summed E-state index contributed by atoms with van der Waals surface area (Å²) < 4.78 is 0. The molecule has 0 bridgehead atoms. The number of nitrogens with one attached hydrogen (secondary N) is 1. The minimum absolute atomic E-state index is 0.391. The first-order valence-electron chi connectivity index (χ1n) is 5.68. The van der Waals surface area contributed by atoms with Gasteiger partial charge in [0.2, 0.25) is 5.91 Å². The second-order valence-electron chi connectivity index (χ2n) is 4.15. The van der Waals surface area contributed by atoms with Crippen molar-refractivity contribution in [2.75, 3.05) is 13.1 Å². The Bertz CT molecular complexity index is 346. The summed E-state index contributed by atoms with van der Waals surface area (Å²) in [5.41, 5.74) is 5.20. The molecule has 1 saturated heterocycles. The van der Waals surface area contributed by atoms with Crippen molar-refractivity contribution in [3.05, 3.63) is 0 Å². The van der Waals surface area contributed by atoms with Gasteiger partial charge in [-0.05, 0) is 19.3 Å². The predicted molar refractivity (Wildman–Crippen MR) is 60.6 cm³/mol. The molecule has 1 aliphatic rings. The average molecular weight is 259 g/mol. The van der Waals surface area contributed by atoms with E-state index in [1.807, 2.05) is 0 Å². The highest BCUT2D eigenvalue weighted by molar-refractivity contribution is 5.86. The summed E-state index contributed by atoms with van der Waals surface area (Å²) in [6.45, 7) is -0.0151. The van der Waals surface area contributed by atoms with Gasteiger partial charge in [-0.1, -0.05) is 0 Å². The van der Waals surface area contributed by atoms with Gasteiger partial charge in [0.25, 0.3) is 0 Å². The lowest BCUT2D eigenvalue weighted by Gasteiger charge is -2.33. The smallest absolute Gasteiger partial charge is 0.334 e. The Hall–Kier alpha value is -1.83. The van der Waals surface area contributed by atoms with Crippen LogP contribution in [0.3, 0.4) is 0 Å². The number of likely N-dealkylation sites (tertiary alicyclic amines) is 1. The monoisotopic (exact) mass is 259 g/mol. The summed E-state index contributed by atoms with van der Waals surface area (Å²) in [6.07, 6.45) is 0.420. The van der Waals surface area contributed by atoms with E-state index in [9.17, 15) is 14.4 Å². The fraction of sp³-hybridized carbons (Fsp3) is 0.700. The lowest BCUT2D eigenvalue weighted by atomic mass is 10.0. The molecule has 1 heterocycles. The number of carboxylic acids is 1. The number of aliphatic carboxylic acids is 1. The van der Waals surface area contributed by atoms with Crippen LogP contribution in [0, 0.1) is 0 Å². The van der Waals surface area contributed by atoms with Crippen molar-refractivity contribution >= 4 is 17.9 Å². The summed E-state index contributed by atoms with van der Waals surface area (Å²) in [7, 11) is 0. The Kier molecular flexibility index (Phi) is 4.90. The number of carboxylic acid groups (broad SMARTS) is 1. The van der Waals surface area contributed by atoms with Gasteiger partial charge in [0.1, 0.15) is 6.04 Å². The molecule has 5 N–H and O–H groups in total. The van der Waals surface area contributed by atoms with Crippen LogP contribution < -0.4 is 11.1 Å². The van der Waals surface area contributed by atoms with Crippen molar-refractivity contribution in [3.63, 3.8) is 0 Å². The van der Waals surface area contributed by atoms with Crippen LogP contribution in [0.25, 0.3) is 0 Å². The molecular weight excluding hydrogens is 242 g/mol. The van der Waals surface area contributed by atoms with Gasteiger partial charge in [-0.2, -0.15) is 0 Å². The van der Waals surface area contributed by atoms with Gasteiger partial charge in [-0.15, -0.1) is 0 Å². The highest BCUT2D eigenvalue weighted by Crippen LogP contribution is 2.16. The van der Waals surface area contributed by atoms with Gasteiger partial charge in [-0.25, -0.2) is 9.59 Å². The Morgan fingerprint density at radius 1 is 1.39 bits per heavy atom. The maximum atomic E-state index is 11.7. The zero-order chi connectivity index (χ0) is 13.7. The summed E-state index contributed by atoms with van der Waals surface area (Å²) >= 11 is 0. The molecule has 102 valence electrons. The van der Waals surface area contributed by atoms with Crippen LogP contribution in [0.1, 0.15) is 19.3 Å². The lowest BCUT2D eigenvalue weighted by molar-refractivity contribution is -0.146. The van der Waals surface area contributed by atoms with Crippen LogP contribution in [0.2, 0.25) is 0 Å². The lowest BCUT2D eigenvalue weighted by Crippen LogP contribution is -2.54. The SMILES string of the molecule is NC(=O)C1CCCCN1C(=O)NC[C@H](O)C(=O)O. The van der Waals surface area contributed by atoms with Crippen molar-refractivity contribution < 1.29 is 24.6 Å². The summed E-state index contributed by atoms with van der Waals surface area (Å²) in [5, 5.41) is 19.7. The van der Waals surface area contributed by atoms with E-state index in [0.29, 0.717) is 13.0 Å². The number of aliphatic hydroxyl groups is 1. The normalized spacial score (nSPS) is 21.2. The van der Waals surface area contributed by atoms with Gasteiger partial charge >= 0.3 is 12.0 Å². The van der Waals surface area contributed by atoms with Gasteiger partial charge in [0, 0.05) is 6.54 Å². The Morgan fingerprint density at radius 2 is 2.06 bits per heavy atom. The molecule has 8 nitrogen and oxygen atoms in total. The maximum absolute atomic E-state index is 11.7.